The van der Waals surface area contributed by atoms with Crippen LogP contribution in [0.1, 0.15) is 29.9 Å². The maximum Gasteiger partial charge on any atom is 0.409 e. The molecule has 1 heterocycles. The number of carbonyl (C=O) groups is 1. The molecule has 0 bridgehead atoms. The number of anilines is 1. The van der Waals surface area contributed by atoms with Crippen molar-refractivity contribution in [3.63, 3.8) is 0 Å². The summed E-state index contributed by atoms with van der Waals surface area (Å²) in [6.07, 6.45) is 0.808. The van der Waals surface area contributed by atoms with E-state index in [0.29, 0.717) is 18.0 Å². The van der Waals surface area contributed by atoms with Gasteiger partial charge in [-0.05, 0) is 30.5 Å². The van der Waals surface area contributed by atoms with E-state index in [2.05, 4.69) is 33.4 Å². The smallest absolute Gasteiger partial charge is 0.409 e. The quantitative estimate of drug-likeness (QED) is 0.804. The summed E-state index contributed by atoms with van der Waals surface area (Å²) in [5.41, 5.74) is 2.72. The van der Waals surface area contributed by atoms with Gasteiger partial charge < -0.3 is 9.84 Å². The molecular formula is C17H16BrNO3. The number of carboxylic acid groups (broad SMARTS) is 1. The number of nitrogens with one attached hydrogen (secondary N) is 1. The first kappa shape index (κ1) is 14.9. The molecule has 5 heteroatoms. The Labute approximate surface area is 137 Å². The van der Waals surface area contributed by atoms with E-state index >= 15 is 0 Å². The minimum atomic E-state index is -1.09. The molecule has 0 aliphatic carbocycles. The largest absolute Gasteiger partial charge is 0.491 e. The third-order valence-electron chi connectivity index (χ3n) is 3.78. The van der Waals surface area contributed by atoms with Gasteiger partial charge in [-0.25, -0.2) is 4.79 Å². The fourth-order valence-electron chi connectivity index (χ4n) is 2.89. The Morgan fingerprint density at radius 1 is 1.27 bits per heavy atom. The molecule has 2 aromatic rings. The molecule has 1 unspecified atom stereocenters. The molecule has 2 aromatic carbocycles. The summed E-state index contributed by atoms with van der Waals surface area (Å²) >= 11 is 3.47. The Bertz CT molecular complexity index is 688. The number of hydrogen-bond donors (Lipinski definition) is 2. The van der Waals surface area contributed by atoms with Crippen LogP contribution in [0.2, 0.25) is 0 Å². The zero-order valence-corrected chi connectivity index (χ0v) is 13.5. The maximum atomic E-state index is 11.0. The molecule has 1 atom stereocenters. The van der Waals surface area contributed by atoms with E-state index in [1.165, 1.54) is 5.56 Å². The number of amides is 1. The van der Waals surface area contributed by atoms with E-state index < -0.39 is 6.09 Å². The number of halogens is 1. The molecule has 1 aliphatic rings. The van der Waals surface area contributed by atoms with Crippen molar-refractivity contribution in [1.82, 2.24) is 0 Å². The summed E-state index contributed by atoms with van der Waals surface area (Å²) < 4.78 is 6.68. The van der Waals surface area contributed by atoms with E-state index in [1.54, 1.807) is 6.07 Å². The summed E-state index contributed by atoms with van der Waals surface area (Å²) in [5.74, 6) is 0.836. The average Bonchev–Trinajstić information content (AvgIpc) is 2.70. The Kier molecular flexibility index (Phi) is 4.34. The summed E-state index contributed by atoms with van der Waals surface area (Å²) in [5, 5.41) is 11.5. The molecule has 0 saturated carbocycles. The van der Waals surface area contributed by atoms with Crippen LogP contribution in [0.4, 0.5) is 10.5 Å². The molecule has 22 heavy (non-hydrogen) atoms. The topological polar surface area (TPSA) is 58.6 Å². The third kappa shape index (κ3) is 3.09. The zero-order chi connectivity index (χ0) is 15.5. The first-order valence-electron chi connectivity index (χ1n) is 7.16. The van der Waals surface area contributed by atoms with Crippen LogP contribution in [-0.4, -0.2) is 17.8 Å². The molecule has 3 rings (SSSR count). The van der Waals surface area contributed by atoms with Crippen molar-refractivity contribution in [2.75, 3.05) is 11.9 Å². The molecule has 0 saturated heterocycles. The van der Waals surface area contributed by atoms with Crippen LogP contribution in [0, 0.1) is 0 Å². The summed E-state index contributed by atoms with van der Waals surface area (Å²) in [4.78, 5) is 11.0. The highest BCUT2D eigenvalue weighted by molar-refractivity contribution is 9.10. The molecule has 1 aliphatic heterocycles. The minimum Gasteiger partial charge on any atom is -0.491 e. The summed E-state index contributed by atoms with van der Waals surface area (Å²) in [7, 11) is 0. The van der Waals surface area contributed by atoms with Crippen LogP contribution in [0.25, 0.3) is 0 Å². The highest BCUT2D eigenvalue weighted by Gasteiger charge is 2.25. The number of rotatable bonds is 2. The minimum absolute atomic E-state index is 0.200. The lowest BCUT2D eigenvalue weighted by atomic mass is 9.87. The van der Waals surface area contributed by atoms with Crippen molar-refractivity contribution >= 4 is 27.7 Å². The lowest BCUT2D eigenvalue weighted by Gasteiger charge is -2.19. The standard InChI is InChI=1S/C17H16BrNO3/c18-12-9-14-13(11-5-2-1-3-6-11)7-4-8-22-16(14)15(10-12)19-17(20)21/h1-3,5-6,9-10,13,19H,4,7-8H2,(H,20,21). The van der Waals surface area contributed by atoms with Crippen LogP contribution in [-0.2, 0) is 0 Å². The van der Waals surface area contributed by atoms with E-state index in [0.717, 1.165) is 22.9 Å². The number of benzene rings is 2. The van der Waals surface area contributed by atoms with Crippen molar-refractivity contribution in [3.05, 3.63) is 58.1 Å². The Morgan fingerprint density at radius 2 is 2.05 bits per heavy atom. The van der Waals surface area contributed by atoms with Crippen molar-refractivity contribution in [2.24, 2.45) is 0 Å². The SMILES string of the molecule is O=C(O)Nc1cc(Br)cc2c1OCCCC2c1ccccc1. The van der Waals surface area contributed by atoms with Crippen molar-refractivity contribution in [3.8, 4) is 5.75 Å². The second-order valence-electron chi connectivity index (χ2n) is 5.26. The highest BCUT2D eigenvalue weighted by atomic mass is 79.9. The van der Waals surface area contributed by atoms with Gasteiger partial charge in [0.25, 0.3) is 0 Å². The van der Waals surface area contributed by atoms with E-state index in [-0.39, 0.29) is 5.92 Å². The van der Waals surface area contributed by atoms with Gasteiger partial charge in [-0.15, -0.1) is 0 Å². The lowest BCUT2D eigenvalue weighted by Crippen LogP contribution is -2.10. The van der Waals surface area contributed by atoms with Crippen molar-refractivity contribution in [2.45, 2.75) is 18.8 Å². The number of hydrogen-bond acceptors (Lipinski definition) is 2. The Morgan fingerprint density at radius 3 is 2.77 bits per heavy atom. The number of fused-ring (bicyclic) bond motifs is 1. The fourth-order valence-corrected chi connectivity index (χ4v) is 3.37. The first-order chi connectivity index (χ1) is 10.6. The molecule has 0 fully saturated rings. The van der Waals surface area contributed by atoms with E-state index in [4.69, 9.17) is 9.84 Å². The fraction of sp³-hybridized carbons (Fsp3) is 0.235. The molecular weight excluding hydrogens is 346 g/mol. The van der Waals surface area contributed by atoms with Gasteiger partial charge in [0.05, 0.1) is 12.3 Å². The monoisotopic (exact) mass is 361 g/mol. The van der Waals surface area contributed by atoms with Gasteiger partial charge in [-0.1, -0.05) is 46.3 Å². The second-order valence-corrected chi connectivity index (χ2v) is 6.17. The van der Waals surface area contributed by atoms with Crippen LogP contribution < -0.4 is 10.1 Å². The Balaban J connectivity index is 2.12. The van der Waals surface area contributed by atoms with Gasteiger partial charge in [0, 0.05) is 16.0 Å². The Hall–Kier alpha value is -2.01. The normalized spacial score (nSPS) is 17.0. The maximum absolute atomic E-state index is 11.0. The van der Waals surface area contributed by atoms with Crippen LogP contribution in [0.5, 0.6) is 5.75 Å². The van der Waals surface area contributed by atoms with E-state index in [9.17, 15) is 4.79 Å². The van der Waals surface area contributed by atoms with Gasteiger partial charge in [0.2, 0.25) is 0 Å². The molecule has 0 spiro atoms. The van der Waals surface area contributed by atoms with Gasteiger partial charge in [-0.3, -0.25) is 5.32 Å². The van der Waals surface area contributed by atoms with Gasteiger partial charge in [0.15, 0.2) is 0 Å². The molecule has 0 radical (unpaired) electrons. The van der Waals surface area contributed by atoms with Crippen molar-refractivity contribution < 1.29 is 14.6 Å². The van der Waals surface area contributed by atoms with Gasteiger partial charge in [-0.2, -0.15) is 0 Å². The first-order valence-corrected chi connectivity index (χ1v) is 7.95. The number of ether oxygens (including phenoxy) is 1. The lowest BCUT2D eigenvalue weighted by molar-refractivity contribution is 0.209. The average molecular weight is 362 g/mol. The highest BCUT2D eigenvalue weighted by Crippen LogP contribution is 2.43. The predicted molar refractivity (Wildman–Crippen MR) is 88.8 cm³/mol. The predicted octanol–water partition coefficient (Wildman–Crippen LogP) is 4.84. The summed E-state index contributed by atoms with van der Waals surface area (Å²) in [6.45, 7) is 0.590. The van der Waals surface area contributed by atoms with Crippen LogP contribution >= 0.6 is 15.9 Å². The zero-order valence-electron chi connectivity index (χ0n) is 11.9. The summed E-state index contributed by atoms with van der Waals surface area (Å²) in [6, 6.07) is 14.0. The molecule has 1 amide bonds. The van der Waals surface area contributed by atoms with Crippen LogP contribution in [0.15, 0.2) is 46.9 Å². The van der Waals surface area contributed by atoms with Gasteiger partial charge >= 0.3 is 6.09 Å². The molecule has 114 valence electrons. The van der Waals surface area contributed by atoms with E-state index in [1.807, 2.05) is 24.3 Å². The second kappa shape index (κ2) is 6.40. The van der Waals surface area contributed by atoms with Gasteiger partial charge in [0.1, 0.15) is 5.75 Å². The molecule has 0 aromatic heterocycles. The molecule has 2 N–H and O–H groups in total. The molecule has 4 nitrogen and oxygen atoms in total. The van der Waals surface area contributed by atoms with Crippen molar-refractivity contribution in [1.29, 1.82) is 0 Å². The third-order valence-corrected chi connectivity index (χ3v) is 4.24. The van der Waals surface area contributed by atoms with Crippen LogP contribution in [0.3, 0.4) is 0 Å².